The summed E-state index contributed by atoms with van der Waals surface area (Å²) in [7, 11) is 0. The molecule has 0 aliphatic carbocycles. The molecule has 0 aliphatic rings. The fourth-order valence-electron chi connectivity index (χ4n) is 1.43. The Morgan fingerprint density at radius 2 is 2.00 bits per heavy atom. The van der Waals surface area contributed by atoms with Gasteiger partial charge in [0.25, 0.3) is 0 Å². The lowest BCUT2D eigenvalue weighted by Gasteiger charge is -1.93. The van der Waals surface area contributed by atoms with Gasteiger partial charge >= 0.3 is 0 Å². The monoisotopic (exact) mass is 242 g/mol. The lowest BCUT2D eigenvalue weighted by Crippen LogP contribution is -1.95. The van der Waals surface area contributed by atoms with Gasteiger partial charge in [-0.1, -0.05) is 36.3 Å². The smallest absolute Gasteiger partial charge is 0.105 e. The number of aromatic nitrogens is 1. The molecule has 0 unspecified atom stereocenters. The number of thiazole rings is 1. The number of hydrogen-bond donors (Lipinski definition) is 1. The van der Waals surface area contributed by atoms with E-state index < -0.39 is 0 Å². The summed E-state index contributed by atoms with van der Waals surface area (Å²) in [6.45, 7) is 0.625. The van der Waals surface area contributed by atoms with Crippen LogP contribution in [0.1, 0.15) is 11.4 Å². The molecule has 86 valence electrons. The minimum atomic E-state index is 0.625. The first kappa shape index (κ1) is 11.8. The van der Waals surface area contributed by atoms with Crippen molar-refractivity contribution in [2.75, 3.05) is 6.54 Å². The van der Waals surface area contributed by atoms with Crippen LogP contribution in [0, 0.1) is 11.8 Å². The molecule has 1 aromatic heterocycles. The Kier molecular flexibility index (Phi) is 4.31. The van der Waals surface area contributed by atoms with Crippen LogP contribution in [0.2, 0.25) is 0 Å². The molecular formula is C14H14N2S. The van der Waals surface area contributed by atoms with Crippen molar-refractivity contribution in [2.24, 2.45) is 5.73 Å². The molecule has 2 aromatic rings. The van der Waals surface area contributed by atoms with Crippen LogP contribution in [0.5, 0.6) is 0 Å². The van der Waals surface area contributed by atoms with Crippen LogP contribution in [0.15, 0.2) is 35.7 Å². The van der Waals surface area contributed by atoms with Gasteiger partial charge in [-0.05, 0) is 0 Å². The number of benzene rings is 1. The molecule has 2 nitrogen and oxygen atoms in total. The van der Waals surface area contributed by atoms with E-state index in [9.17, 15) is 0 Å². The van der Waals surface area contributed by atoms with Crippen molar-refractivity contribution in [3.05, 3.63) is 40.7 Å². The molecule has 2 rings (SSSR count). The number of hydrogen-bond acceptors (Lipinski definition) is 3. The summed E-state index contributed by atoms with van der Waals surface area (Å²) in [4.78, 5) is 4.56. The molecule has 0 saturated heterocycles. The van der Waals surface area contributed by atoms with Gasteiger partial charge < -0.3 is 5.73 Å². The van der Waals surface area contributed by atoms with Crippen LogP contribution in [-0.2, 0) is 6.42 Å². The lowest BCUT2D eigenvalue weighted by atomic mass is 10.2. The second-order valence-electron chi connectivity index (χ2n) is 3.56. The summed E-state index contributed by atoms with van der Waals surface area (Å²) >= 11 is 1.66. The zero-order valence-electron chi connectivity index (χ0n) is 9.52. The van der Waals surface area contributed by atoms with Crippen LogP contribution in [-0.4, -0.2) is 11.5 Å². The first-order valence-corrected chi connectivity index (χ1v) is 6.43. The Bertz CT molecular complexity index is 520. The topological polar surface area (TPSA) is 38.9 Å². The minimum Gasteiger partial charge on any atom is -0.330 e. The van der Waals surface area contributed by atoms with E-state index >= 15 is 0 Å². The Labute approximate surface area is 106 Å². The first-order valence-electron chi connectivity index (χ1n) is 5.56. The van der Waals surface area contributed by atoms with E-state index in [4.69, 9.17) is 5.73 Å². The SMILES string of the molecule is NCCC#CCc1nc(-c2ccccc2)cs1. The van der Waals surface area contributed by atoms with Gasteiger partial charge in [0.15, 0.2) is 0 Å². The third-order valence-electron chi connectivity index (χ3n) is 2.26. The summed E-state index contributed by atoms with van der Waals surface area (Å²) in [5, 5.41) is 3.14. The quantitative estimate of drug-likeness (QED) is 0.840. The largest absolute Gasteiger partial charge is 0.330 e. The van der Waals surface area contributed by atoms with E-state index in [0.717, 1.165) is 29.1 Å². The van der Waals surface area contributed by atoms with Gasteiger partial charge in [0.1, 0.15) is 5.01 Å². The second-order valence-corrected chi connectivity index (χ2v) is 4.50. The summed E-state index contributed by atoms with van der Waals surface area (Å²) in [6, 6.07) is 10.2. The number of rotatable bonds is 3. The van der Waals surface area contributed by atoms with Gasteiger partial charge in [-0.3, -0.25) is 0 Å². The van der Waals surface area contributed by atoms with Crippen molar-refractivity contribution in [3.8, 4) is 23.1 Å². The van der Waals surface area contributed by atoms with Crippen molar-refractivity contribution in [3.63, 3.8) is 0 Å². The Morgan fingerprint density at radius 3 is 2.76 bits per heavy atom. The number of nitrogens with two attached hydrogens (primary N) is 1. The predicted molar refractivity (Wildman–Crippen MR) is 72.7 cm³/mol. The maximum Gasteiger partial charge on any atom is 0.105 e. The molecule has 0 saturated carbocycles. The Balaban J connectivity index is 2.05. The van der Waals surface area contributed by atoms with E-state index in [1.54, 1.807) is 11.3 Å². The molecule has 0 amide bonds. The van der Waals surface area contributed by atoms with Crippen LogP contribution >= 0.6 is 11.3 Å². The average Bonchev–Trinajstić information content (AvgIpc) is 2.85. The molecule has 17 heavy (non-hydrogen) atoms. The fourth-order valence-corrected chi connectivity index (χ4v) is 2.18. The average molecular weight is 242 g/mol. The molecule has 0 spiro atoms. The minimum absolute atomic E-state index is 0.625. The van der Waals surface area contributed by atoms with Crippen LogP contribution in [0.4, 0.5) is 0 Å². The second kappa shape index (κ2) is 6.19. The van der Waals surface area contributed by atoms with E-state index in [0.29, 0.717) is 6.54 Å². The van der Waals surface area contributed by atoms with Crippen molar-refractivity contribution in [1.82, 2.24) is 4.98 Å². The molecule has 0 aliphatic heterocycles. The van der Waals surface area contributed by atoms with Crippen LogP contribution in [0.3, 0.4) is 0 Å². The van der Waals surface area contributed by atoms with Crippen molar-refractivity contribution >= 4 is 11.3 Å². The third-order valence-corrected chi connectivity index (χ3v) is 3.10. The molecule has 2 N–H and O–H groups in total. The number of nitrogens with zero attached hydrogens (tertiary/aromatic N) is 1. The highest BCUT2D eigenvalue weighted by atomic mass is 32.1. The van der Waals surface area contributed by atoms with E-state index in [1.807, 2.05) is 18.2 Å². The van der Waals surface area contributed by atoms with Gasteiger partial charge in [0.2, 0.25) is 0 Å². The van der Waals surface area contributed by atoms with Crippen molar-refractivity contribution < 1.29 is 0 Å². The summed E-state index contributed by atoms with van der Waals surface area (Å²) in [6.07, 6.45) is 1.48. The molecule has 0 atom stereocenters. The Hall–Kier alpha value is -1.63. The summed E-state index contributed by atoms with van der Waals surface area (Å²) in [5.74, 6) is 6.11. The van der Waals surface area contributed by atoms with Gasteiger partial charge in [-0.15, -0.1) is 17.3 Å². The highest BCUT2D eigenvalue weighted by Crippen LogP contribution is 2.21. The molecular weight excluding hydrogens is 228 g/mol. The maximum atomic E-state index is 5.37. The van der Waals surface area contributed by atoms with Gasteiger partial charge in [0, 0.05) is 23.9 Å². The van der Waals surface area contributed by atoms with Crippen LogP contribution in [0.25, 0.3) is 11.3 Å². The zero-order chi connectivity index (χ0) is 11.9. The molecule has 0 bridgehead atoms. The van der Waals surface area contributed by atoms with Crippen molar-refractivity contribution in [1.29, 1.82) is 0 Å². The standard InChI is InChI=1S/C14H14N2S/c15-10-6-2-5-9-14-16-13(11-17-14)12-7-3-1-4-8-12/h1,3-4,7-8,11H,6,9-10,15H2. The molecule has 1 aromatic carbocycles. The predicted octanol–water partition coefficient (Wildman–Crippen LogP) is 2.70. The van der Waals surface area contributed by atoms with Gasteiger partial charge in [0.05, 0.1) is 12.1 Å². The third kappa shape index (κ3) is 3.42. The first-order chi connectivity index (χ1) is 8.40. The molecule has 0 radical (unpaired) electrons. The highest BCUT2D eigenvalue weighted by Gasteiger charge is 2.02. The van der Waals surface area contributed by atoms with E-state index in [2.05, 4.69) is 34.3 Å². The summed E-state index contributed by atoms with van der Waals surface area (Å²) < 4.78 is 0. The van der Waals surface area contributed by atoms with Crippen molar-refractivity contribution in [2.45, 2.75) is 12.8 Å². The van der Waals surface area contributed by atoms with E-state index in [-0.39, 0.29) is 0 Å². The van der Waals surface area contributed by atoms with E-state index in [1.165, 1.54) is 0 Å². The Morgan fingerprint density at radius 1 is 1.18 bits per heavy atom. The maximum absolute atomic E-state index is 5.37. The zero-order valence-corrected chi connectivity index (χ0v) is 10.3. The lowest BCUT2D eigenvalue weighted by molar-refractivity contribution is 1.03. The van der Waals surface area contributed by atoms with Crippen LogP contribution < -0.4 is 5.73 Å². The highest BCUT2D eigenvalue weighted by molar-refractivity contribution is 7.10. The molecule has 3 heteroatoms. The fraction of sp³-hybridized carbons (Fsp3) is 0.214. The summed E-state index contributed by atoms with van der Waals surface area (Å²) in [5.41, 5.74) is 7.56. The van der Waals surface area contributed by atoms with Gasteiger partial charge in [-0.2, -0.15) is 0 Å². The molecule has 1 heterocycles. The molecule has 0 fully saturated rings. The van der Waals surface area contributed by atoms with Gasteiger partial charge in [-0.25, -0.2) is 4.98 Å². The normalized spacial score (nSPS) is 9.71.